The maximum Gasteiger partial charge on any atom is 0.286 e. The highest BCUT2D eigenvalue weighted by atomic mass is 32.2. The SMILES string of the molecule is O=C1C(=Cc2ccc([N+](=O)[O-])cc2)SC(=S)N1N=Cc1ccc([N+](=O)[O-])cc1. The lowest BCUT2D eigenvalue weighted by atomic mass is 10.2. The van der Waals surface area contributed by atoms with E-state index in [1.807, 2.05) is 0 Å². The Hall–Kier alpha value is -3.44. The van der Waals surface area contributed by atoms with Gasteiger partial charge in [0.05, 0.1) is 21.0 Å². The molecule has 1 aliphatic rings. The van der Waals surface area contributed by atoms with E-state index in [4.69, 9.17) is 12.2 Å². The maximum absolute atomic E-state index is 12.5. The first-order valence-corrected chi connectivity index (χ1v) is 8.88. The first-order chi connectivity index (χ1) is 13.3. The molecule has 0 bridgehead atoms. The molecular weight excluding hydrogens is 404 g/mol. The van der Waals surface area contributed by atoms with Gasteiger partial charge in [-0.1, -0.05) is 11.8 Å². The van der Waals surface area contributed by atoms with E-state index in [1.165, 1.54) is 54.7 Å². The van der Waals surface area contributed by atoms with Gasteiger partial charge in [0.1, 0.15) is 0 Å². The Morgan fingerprint density at radius 1 is 0.929 bits per heavy atom. The summed E-state index contributed by atoms with van der Waals surface area (Å²) in [6.45, 7) is 0. The van der Waals surface area contributed by atoms with E-state index in [-0.39, 0.29) is 15.7 Å². The molecule has 0 unspecified atom stereocenters. The molecule has 0 saturated carbocycles. The second-order valence-electron chi connectivity index (χ2n) is 5.44. The predicted molar refractivity (Wildman–Crippen MR) is 109 cm³/mol. The molecule has 1 aliphatic heterocycles. The van der Waals surface area contributed by atoms with E-state index in [0.717, 1.165) is 16.8 Å². The van der Waals surface area contributed by atoms with Gasteiger partial charge in [-0.3, -0.25) is 25.0 Å². The van der Waals surface area contributed by atoms with E-state index in [9.17, 15) is 25.0 Å². The fourth-order valence-corrected chi connectivity index (χ4v) is 3.38. The molecule has 3 rings (SSSR count). The summed E-state index contributed by atoms with van der Waals surface area (Å²) in [5, 5.41) is 26.5. The highest BCUT2D eigenvalue weighted by Gasteiger charge is 2.32. The molecule has 0 aliphatic carbocycles. The molecule has 1 heterocycles. The minimum atomic E-state index is -0.508. The summed E-state index contributed by atoms with van der Waals surface area (Å²) in [4.78, 5) is 33.2. The van der Waals surface area contributed by atoms with E-state index in [0.29, 0.717) is 16.0 Å². The van der Waals surface area contributed by atoms with Crippen molar-refractivity contribution in [3.8, 4) is 0 Å². The van der Waals surface area contributed by atoms with Crippen LogP contribution in [0.2, 0.25) is 0 Å². The molecule has 1 amide bonds. The lowest BCUT2D eigenvalue weighted by Gasteiger charge is -2.05. The maximum atomic E-state index is 12.5. The van der Waals surface area contributed by atoms with Crippen LogP contribution in [0.5, 0.6) is 0 Å². The van der Waals surface area contributed by atoms with Crippen molar-refractivity contribution in [3.63, 3.8) is 0 Å². The Kier molecular flexibility index (Phi) is 5.57. The van der Waals surface area contributed by atoms with Crippen LogP contribution in [0.4, 0.5) is 11.4 Å². The topological polar surface area (TPSA) is 119 Å². The number of nitrogens with zero attached hydrogens (tertiary/aromatic N) is 4. The third-order valence-corrected chi connectivity index (χ3v) is 4.88. The molecule has 0 spiro atoms. The molecule has 0 radical (unpaired) electrons. The quantitative estimate of drug-likeness (QED) is 0.240. The largest absolute Gasteiger partial charge is 0.286 e. The summed E-state index contributed by atoms with van der Waals surface area (Å²) in [6, 6.07) is 11.4. The van der Waals surface area contributed by atoms with Crippen molar-refractivity contribution in [2.24, 2.45) is 5.10 Å². The number of nitro groups is 2. The van der Waals surface area contributed by atoms with Crippen LogP contribution >= 0.6 is 24.0 Å². The number of non-ortho nitro benzene ring substituents is 2. The highest BCUT2D eigenvalue weighted by Crippen LogP contribution is 2.33. The minimum absolute atomic E-state index is 0.0441. The van der Waals surface area contributed by atoms with Crippen LogP contribution in [-0.2, 0) is 4.79 Å². The summed E-state index contributed by atoms with van der Waals surface area (Å²) >= 11 is 6.23. The third-order valence-electron chi connectivity index (χ3n) is 3.60. The van der Waals surface area contributed by atoms with Gasteiger partial charge in [-0.25, -0.2) is 0 Å². The lowest BCUT2D eigenvalue weighted by Crippen LogP contribution is -2.22. The third kappa shape index (κ3) is 4.27. The van der Waals surface area contributed by atoms with Crippen LogP contribution < -0.4 is 0 Å². The van der Waals surface area contributed by atoms with Gasteiger partial charge in [0, 0.05) is 24.3 Å². The zero-order chi connectivity index (χ0) is 20.3. The molecule has 2 aromatic rings. The zero-order valence-electron chi connectivity index (χ0n) is 13.9. The number of hydrazone groups is 1. The normalized spacial score (nSPS) is 15.6. The number of carbonyl (C=O) groups excluding carboxylic acids is 1. The van der Waals surface area contributed by atoms with Gasteiger partial charge in [0.2, 0.25) is 0 Å². The number of amides is 1. The molecule has 0 aromatic heterocycles. The second-order valence-corrected chi connectivity index (χ2v) is 7.11. The molecule has 140 valence electrons. The van der Waals surface area contributed by atoms with Crippen LogP contribution in [0.1, 0.15) is 11.1 Å². The second kappa shape index (κ2) is 8.06. The molecule has 11 heteroatoms. The van der Waals surface area contributed by atoms with Crippen molar-refractivity contribution in [2.45, 2.75) is 0 Å². The fraction of sp³-hybridized carbons (Fsp3) is 0. The standard InChI is InChI=1S/C17H10N4O5S2/c22-16-15(9-11-1-5-13(6-2-11)20(23)24)28-17(27)19(16)18-10-12-3-7-14(8-4-12)21(25)26/h1-10H. The highest BCUT2D eigenvalue weighted by molar-refractivity contribution is 8.26. The number of carbonyl (C=O) groups is 1. The fourth-order valence-electron chi connectivity index (χ4n) is 2.21. The average Bonchev–Trinajstić information content (AvgIpc) is 2.94. The van der Waals surface area contributed by atoms with E-state index < -0.39 is 15.8 Å². The van der Waals surface area contributed by atoms with Crippen molar-refractivity contribution in [1.29, 1.82) is 0 Å². The smallest absolute Gasteiger partial charge is 0.266 e. The molecular formula is C17H10N4O5S2. The minimum Gasteiger partial charge on any atom is -0.266 e. The first kappa shape index (κ1) is 19.3. The van der Waals surface area contributed by atoms with Crippen molar-refractivity contribution in [3.05, 3.63) is 84.8 Å². The van der Waals surface area contributed by atoms with Crippen LogP contribution in [0.25, 0.3) is 6.08 Å². The van der Waals surface area contributed by atoms with E-state index in [2.05, 4.69) is 5.10 Å². The monoisotopic (exact) mass is 414 g/mol. The van der Waals surface area contributed by atoms with E-state index >= 15 is 0 Å². The number of rotatable bonds is 5. The Morgan fingerprint density at radius 3 is 1.93 bits per heavy atom. The van der Waals surface area contributed by atoms with Crippen molar-refractivity contribution in [2.75, 3.05) is 0 Å². The number of nitro benzene ring substituents is 2. The Bertz CT molecular complexity index is 1030. The molecule has 1 saturated heterocycles. The number of benzene rings is 2. The Morgan fingerprint density at radius 2 is 1.43 bits per heavy atom. The van der Waals surface area contributed by atoms with Crippen molar-refractivity contribution in [1.82, 2.24) is 5.01 Å². The number of hydrogen-bond acceptors (Lipinski definition) is 8. The first-order valence-electron chi connectivity index (χ1n) is 7.66. The van der Waals surface area contributed by atoms with Gasteiger partial charge < -0.3 is 0 Å². The van der Waals surface area contributed by atoms with E-state index in [1.54, 1.807) is 6.08 Å². The summed E-state index contributed by atoms with van der Waals surface area (Å²) in [5.41, 5.74) is 1.09. The predicted octanol–water partition coefficient (Wildman–Crippen LogP) is 3.74. The lowest BCUT2D eigenvalue weighted by molar-refractivity contribution is -0.385. The van der Waals surface area contributed by atoms with Gasteiger partial charge in [-0.15, -0.1) is 0 Å². The molecule has 9 nitrogen and oxygen atoms in total. The summed E-state index contributed by atoms with van der Waals surface area (Å²) in [7, 11) is 0. The van der Waals surface area contributed by atoms with Gasteiger partial charge >= 0.3 is 0 Å². The number of thioether (sulfide) groups is 1. The van der Waals surface area contributed by atoms with Gasteiger partial charge in [-0.2, -0.15) is 10.1 Å². The molecule has 1 fully saturated rings. The van der Waals surface area contributed by atoms with Gasteiger partial charge in [-0.05, 0) is 53.7 Å². The zero-order valence-corrected chi connectivity index (χ0v) is 15.6. The van der Waals surface area contributed by atoms with Crippen LogP contribution in [0.3, 0.4) is 0 Å². The molecule has 0 atom stereocenters. The summed E-state index contributed by atoms with van der Waals surface area (Å²) < 4.78 is 0.233. The molecule has 0 N–H and O–H groups in total. The summed E-state index contributed by atoms with van der Waals surface area (Å²) in [6.07, 6.45) is 2.95. The van der Waals surface area contributed by atoms with Crippen LogP contribution in [0.15, 0.2) is 58.5 Å². The Labute approximate surface area is 167 Å². The van der Waals surface area contributed by atoms with Crippen LogP contribution in [-0.4, -0.2) is 31.3 Å². The van der Waals surface area contributed by atoms with Crippen molar-refractivity contribution >= 4 is 57.9 Å². The average molecular weight is 414 g/mol. The number of hydrogen-bond donors (Lipinski definition) is 0. The van der Waals surface area contributed by atoms with Crippen LogP contribution in [0, 0.1) is 20.2 Å². The Balaban J connectivity index is 1.75. The summed E-state index contributed by atoms with van der Waals surface area (Å²) in [5.74, 6) is -0.425. The number of thiocarbonyl (C=S) groups is 1. The van der Waals surface area contributed by atoms with Gasteiger partial charge in [0.15, 0.2) is 4.32 Å². The molecule has 28 heavy (non-hydrogen) atoms. The van der Waals surface area contributed by atoms with Gasteiger partial charge in [0.25, 0.3) is 17.3 Å². The van der Waals surface area contributed by atoms with Crippen molar-refractivity contribution < 1.29 is 14.6 Å². The molecule has 2 aromatic carbocycles.